The van der Waals surface area contributed by atoms with Crippen LogP contribution in [-0.4, -0.2) is 29.8 Å². The molecule has 0 rings (SSSR count). The van der Waals surface area contributed by atoms with Crippen LogP contribution in [0.2, 0.25) is 0 Å². The van der Waals surface area contributed by atoms with E-state index in [0.29, 0.717) is 0 Å². The van der Waals surface area contributed by atoms with Crippen molar-refractivity contribution in [3.8, 4) is 0 Å². The monoisotopic (exact) mass is 195 g/mol. The summed E-state index contributed by atoms with van der Waals surface area (Å²) in [4.78, 5) is 9.47. The Kier molecular flexibility index (Phi) is 7.83. The van der Waals surface area contributed by atoms with E-state index in [4.69, 9.17) is 0 Å². The van der Waals surface area contributed by atoms with Crippen molar-refractivity contribution in [2.75, 3.05) is 0 Å². The van der Waals surface area contributed by atoms with Gasteiger partial charge in [-0.3, -0.25) is 4.79 Å². The average Bonchev–Trinajstić information content (AvgIpc) is 1.38. The number of hydrogen-bond acceptors (Lipinski definition) is 1. The Morgan fingerprint density at radius 3 is 2.00 bits per heavy atom. The number of amides is 1. The molecule has 0 aliphatic carbocycles. The van der Waals surface area contributed by atoms with Crippen LogP contribution in [-0.2, 0) is 4.79 Å². The van der Waals surface area contributed by atoms with Gasteiger partial charge in [-0.25, -0.2) is 0 Å². The summed E-state index contributed by atoms with van der Waals surface area (Å²) >= 11 is 0. The predicted molar refractivity (Wildman–Crippen MR) is 30.7 cm³/mol. The van der Waals surface area contributed by atoms with E-state index in [0.717, 1.165) is 6.08 Å². The van der Waals surface area contributed by atoms with Crippen LogP contribution in [0.5, 0.6) is 0 Å². The number of rotatable bonds is 1. The molecule has 0 aromatic heterocycles. The van der Waals surface area contributed by atoms with Crippen molar-refractivity contribution in [3.05, 3.63) is 12.7 Å². The van der Waals surface area contributed by atoms with E-state index in [-0.39, 0.29) is 23.9 Å². The van der Waals surface area contributed by atoms with Crippen molar-refractivity contribution in [1.82, 2.24) is 0 Å². The van der Waals surface area contributed by atoms with Crippen LogP contribution in [0.1, 0.15) is 0 Å². The molecular formula is C3H9NOSn. The second-order valence-corrected chi connectivity index (χ2v) is 0.606. The Balaban J connectivity index is 0. The molecule has 2 N–H and O–H groups in total. The summed E-state index contributed by atoms with van der Waals surface area (Å²) < 4.78 is 0. The molecule has 1 amide bonds. The molecule has 0 fully saturated rings. The maximum absolute atomic E-state index is 9.47. The first-order valence-electron chi connectivity index (χ1n) is 1.19. The molecule has 0 aromatic rings. The summed E-state index contributed by atoms with van der Waals surface area (Å²) in [6.07, 6.45) is 1.06. The van der Waals surface area contributed by atoms with Crippen LogP contribution in [0.25, 0.3) is 0 Å². The molecule has 0 radical (unpaired) electrons. The fraction of sp³-hybridized carbons (Fsp3) is 0. The van der Waals surface area contributed by atoms with E-state index < -0.39 is 5.91 Å². The molecule has 0 spiro atoms. The third-order valence-electron chi connectivity index (χ3n) is 0.201. The van der Waals surface area contributed by atoms with Crippen LogP contribution in [0.4, 0.5) is 0 Å². The molecule has 0 saturated heterocycles. The Bertz CT molecular complexity index is 61.8. The minimum atomic E-state index is -0.481. The number of carbonyl (C=O) groups excluding carboxylic acids is 1. The fourth-order valence-corrected chi connectivity index (χ4v) is 0. The van der Waals surface area contributed by atoms with E-state index in [1.54, 1.807) is 0 Å². The maximum atomic E-state index is 9.47. The topological polar surface area (TPSA) is 43.1 Å². The van der Waals surface area contributed by atoms with Gasteiger partial charge in [0.05, 0.1) is 0 Å². The first-order valence-corrected chi connectivity index (χ1v) is 1.19. The summed E-state index contributed by atoms with van der Waals surface area (Å²) in [7, 11) is 0. The zero-order valence-corrected chi connectivity index (χ0v) is 2.77. The first-order chi connectivity index (χ1) is 2.27. The second kappa shape index (κ2) is 5.01. The van der Waals surface area contributed by atoms with Gasteiger partial charge in [0.25, 0.3) is 0 Å². The average molecular weight is 194 g/mol. The molecule has 0 aliphatic rings. The summed E-state index contributed by atoms with van der Waals surface area (Å²) in [5, 5.41) is 0. The standard InChI is InChI=1S/C3H5NO.Sn.4H/c1-2-3(4)5;;;;;/h2H,1H2,(H2,4,5);;;;;. The van der Waals surface area contributed by atoms with Gasteiger partial charge >= 0.3 is 23.9 Å². The molecule has 0 saturated carbocycles. The van der Waals surface area contributed by atoms with Crippen LogP contribution in [0, 0.1) is 0 Å². The fourth-order valence-electron chi connectivity index (χ4n) is 0. The molecule has 0 aromatic carbocycles. The SMILES string of the molecule is C=CC(N)=O.[SnH4]. The molecule has 0 atom stereocenters. The van der Waals surface area contributed by atoms with Gasteiger partial charge in [0.1, 0.15) is 0 Å². The quantitative estimate of drug-likeness (QED) is 0.388. The third-order valence-corrected chi connectivity index (χ3v) is 0.201. The van der Waals surface area contributed by atoms with Gasteiger partial charge < -0.3 is 5.73 Å². The van der Waals surface area contributed by atoms with E-state index >= 15 is 0 Å². The van der Waals surface area contributed by atoms with Gasteiger partial charge in [0.15, 0.2) is 0 Å². The number of primary amides is 1. The summed E-state index contributed by atoms with van der Waals surface area (Å²) in [6.45, 7) is 3.09. The van der Waals surface area contributed by atoms with Crippen molar-refractivity contribution >= 4 is 29.8 Å². The van der Waals surface area contributed by atoms with E-state index in [1.807, 2.05) is 0 Å². The summed E-state index contributed by atoms with van der Waals surface area (Å²) in [6, 6.07) is 0. The molecule has 6 heavy (non-hydrogen) atoms. The Labute approximate surface area is 53.4 Å². The molecule has 36 valence electrons. The van der Waals surface area contributed by atoms with Crippen LogP contribution in [0.15, 0.2) is 12.7 Å². The number of nitrogens with two attached hydrogens (primary N) is 1. The Hall–Kier alpha value is 0.00870. The van der Waals surface area contributed by atoms with E-state index in [1.165, 1.54) is 0 Å². The minimum absolute atomic E-state index is 0. The molecule has 0 aliphatic heterocycles. The van der Waals surface area contributed by atoms with Crippen LogP contribution in [0.3, 0.4) is 0 Å². The van der Waals surface area contributed by atoms with Gasteiger partial charge in [-0.1, -0.05) is 6.58 Å². The molecule has 3 heteroatoms. The van der Waals surface area contributed by atoms with Crippen LogP contribution < -0.4 is 5.73 Å². The first kappa shape index (κ1) is 9.38. The molecule has 2 nitrogen and oxygen atoms in total. The molecule has 0 bridgehead atoms. The number of carbonyl (C=O) groups is 1. The van der Waals surface area contributed by atoms with Gasteiger partial charge in [-0.2, -0.15) is 0 Å². The van der Waals surface area contributed by atoms with Gasteiger partial charge in [0, 0.05) is 0 Å². The van der Waals surface area contributed by atoms with Crippen molar-refractivity contribution in [2.45, 2.75) is 0 Å². The van der Waals surface area contributed by atoms with Gasteiger partial charge in [0.2, 0.25) is 5.91 Å². The van der Waals surface area contributed by atoms with Gasteiger partial charge in [-0.05, 0) is 6.08 Å². The summed E-state index contributed by atoms with van der Waals surface area (Å²) in [5.41, 5.74) is 4.53. The second-order valence-electron chi connectivity index (χ2n) is 0.606. The zero-order valence-electron chi connectivity index (χ0n) is 2.77. The van der Waals surface area contributed by atoms with Crippen molar-refractivity contribution < 1.29 is 4.79 Å². The number of hydrogen-bond donors (Lipinski definition) is 1. The summed E-state index contributed by atoms with van der Waals surface area (Å²) in [5.74, 6) is -0.481. The zero-order chi connectivity index (χ0) is 4.28. The van der Waals surface area contributed by atoms with Crippen molar-refractivity contribution in [3.63, 3.8) is 0 Å². The molecule has 0 unspecified atom stereocenters. The van der Waals surface area contributed by atoms with E-state index in [9.17, 15) is 4.79 Å². The van der Waals surface area contributed by atoms with E-state index in [2.05, 4.69) is 12.3 Å². The Morgan fingerprint density at radius 1 is 1.83 bits per heavy atom. The van der Waals surface area contributed by atoms with Gasteiger partial charge in [-0.15, -0.1) is 0 Å². The Morgan fingerprint density at radius 2 is 2.00 bits per heavy atom. The molecular weight excluding hydrogens is 185 g/mol. The van der Waals surface area contributed by atoms with Crippen LogP contribution >= 0.6 is 0 Å². The molecule has 0 heterocycles. The predicted octanol–water partition coefficient (Wildman–Crippen LogP) is -1.79. The van der Waals surface area contributed by atoms with Crippen molar-refractivity contribution in [2.24, 2.45) is 5.73 Å². The van der Waals surface area contributed by atoms with Crippen molar-refractivity contribution in [1.29, 1.82) is 0 Å². The normalized spacial score (nSPS) is 5.33. The third kappa shape index (κ3) is 8.99.